The predicted molar refractivity (Wildman–Crippen MR) is 97.1 cm³/mol. The van der Waals surface area contributed by atoms with Crippen LogP contribution in [0.4, 0.5) is 9.93 Å². The van der Waals surface area contributed by atoms with Gasteiger partial charge < -0.3 is 15.4 Å². The maximum Gasteiger partial charge on any atom is 0.325 e. The van der Waals surface area contributed by atoms with E-state index in [9.17, 15) is 19.2 Å². The van der Waals surface area contributed by atoms with Gasteiger partial charge in [0.1, 0.15) is 5.54 Å². The molecule has 2 N–H and O–H groups in total. The Morgan fingerprint density at radius 1 is 1.37 bits per heavy atom. The molecule has 1 aliphatic heterocycles. The average molecular weight is 394 g/mol. The van der Waals surface area contributed by atoms with E-state index in [-0.39, 0.29) is 37.2 Å². The minimum absolute atomic E-state index is 0.0524. The van der Waals surface area contributed by atoms with Gasteiger partial charge in [-0.05, 0) is 19.3 Å². The van der Waals surface area contributed by atoms with E-state index in [2.05, 4.69) is 20.4 Å². The topological polar surface area (TPSA) is 118 Å². The highest BCUT2D eigenvalue weighted by Crippen LogP contribution is 2.35. The van der Waals surface area contributed by atoms with Crippen LogP contribution in [-0.2, 0) is 25.5 Å². The first kappa shape index (κ1) is 19.3. The van der Waals surface area contributed by atoms with Gasteiger partial charge in [-0.2, -0.15) is 0 Å². The Morgan fingerprint density at radius 2 is 2.11 bits per heavy atom. The molecule has 0 unspecified atom stereocenters. The first-order chi connectivity index (χ1) is 12.9. The van der Waals surface area contributed by atoms with Crippen molar-refractivity contribution in [2.24, 2.45) is 0 Å². The Kier molecular flexibility index (Phi) is 5.73. The quantitative estimate of drug-likeness (QED) is 0.534. The number of anilines is 1. The fourth-order valence-electron chi connectivity index (χ4n) is 3.44. The Bertz CT molecular complexity index is 756. The smallest absolute Gasteiger partial charge is 0.325 e. The molecule has 4 amide bonds. The van der Waals surface area contributed by atoms with Gasteiger partial charge in [-0.25, -0.2) is 9.78 Å². The van der Waals surface area contributed by atoms with Crippen LogP contribution in [0, 0.1) is 0 Å². The van der Waals surface area contributed by atoms with Crippen LogP contribution in [0.3, 0.4) is 0 Å². The van der Waals surface area contributed by atoms with Crippen molar-refractivity contribution in [3.05, 3.63) is 11.1 Å². The second-order valence-corrected chi connectivity index (χ2v) is 7.58. The summed E-state index contributed by atoms with van der Waals surface area (Å²) in [6.07, 6.45) is 3.84. The number of urea groups is 1. The number of imide groups is 1. The number of carbonyl (C=O) groups is 4. The molecule has 1 saturated heterocycles. The number of amides is 4. The van der Waals surface area contributed by atoms with E-state index in [1.54, 1.807) is 5.38 Å². The number of aromatic nitrogens is 1. The van der Waals surface area contributed by atoms with Gasteiger partial charge in [-0.15, -0.1) is 11.3 Å². The molecule has 0 atom stereocenters. The van der Waals surface area contributed by atoms with Gasteiger partial charge >= 0.3 is 12.0 Å². The molecule has 1 spiro atoms. The molecule has 1 aliphatic carbocycles. The van der Waals surface area contributed by atoms with Crippen molar-refractivity contribution in [1.82, 2.24) is 15.2 Å². The SMILES string of the molecule is COC(=O)Cc1csc(NC(=O)CCCN2C(=O)NC3(CCCC3)C2=O)n1. The Morgan fingerprint density at radius 3 is 2.81 bits per heavy atom. The lowest BCUT2D eigenvalue weighted by molar-refractivity contribution is -0.139. The Balaban J connectivity index is 1.44. The first-order valence-corrected chi connectivity index (χ1v) is 9.77. The lowest BCUT2D eigenvalue weighted by Gasteiger charge is -2.19. The molecule has 2 heterocycles. The van der Waals surface area contributed by atoms with Crippen LogP contribution in [0.2, 0.25) is 0 Å². The molecular weight excluding hydrogens is 372 g/mol. The highest BCUT2D eigenvalue weighted by Gasteiger charge is 2.51. The first-order valence-electron chi connectivity index (χ1n) is 8.89. The minimum Gasteiger partial charge on any atom is -0.469 e. The molecular formula is C17H22N4O5S. The monoisotopic (exact) mass is 394 g/mol. The summed E-state index contributed by atoms with van der Waals surface area (Å²) in [7, 11) is 1.30. The van der Waals surface area contributed by atoms with Crippen molar-refractivity contribution in [2.75, 3.05) is 19.0 Å². The third-order valence-electron chi connectivity index (χ3n) is 4.84. The Hall–Kier alpha value is -2.49. The molecule has 0 aromatic carbocycles. The number of carbonyl (C=O) groups excluding carboxylic acids is 4. The van der Waals surface area contributed by atoms with E-state index in [1.165, 1.54) is 23.3 Å². The van der Waals surface area contributed by atoms with Crippen molar-refractivity contribution in [3.8, 4) is 0 Å². The maximum atomic E-state index is 12.5. The van der Waals surface area contributed by atoms with Crippen LogP contribution in [0.5, 0.6) is 0 Å². The van der Waals surface area contributed by atoms with E-state index < -0.39 is 11.5 Å². The zero-order valence-electron chi connectivity index (χ0n) is 15.1. The second kappa shape index (κ2) is 8.03. The number of thiazole rings is 1. The summed E-state index contributed by atoms with van der Waals surface area (Å²) in [6, 6.07) is -0.366. The molecule has 2 aliphatic rings. The number of methoxy groups -OCH3 is 1. The van der Waals surface area contributed by atoms with Crippen LogP contribution in [-0.4, -0.2) is 52.9 Å². The fraction of sp³-hybridized carbons (Fsp3) is 0.588. The molecule has 2 fully saturated rings. The zero-order valence-corrected chi connectivity index (χ0v) is 15.9. The summed E-state index contributed by atoms with van der Waals surface area (Å²) in [6.45, 7) is 0.214. The summed E-state index contributed by atoms with van der Waals surface area (Å²) < 4.78 is 4.57. The number of nitrogens with one attached hydrogen (secondary N) is 2. The normalized spacial score (nSPS) is 18.0. The van der Waals surface area contributed by atoms with Crippen molar-refractivity contribution in [1.29, 1.82) is 0 Å². The van der Waals surface area contributed by atoms with Crippen LogP contribution in [0.15, 0.2) is 5.38 Å². The number of ether oxygens (including phenoxy) is 1. The molecule has 10 heteroatoms. The molecule has 1 saturated carbocycles. The highest BCUT2D eigenvalue weighted by atomic mass is 32.1. The van der Waals surface area contributed by atoms with Gasteiger partial charge in [0.15, 0.2) is 5.13 Å². The Labute approximate surface area is 160 Å². The second-order valence-electron chi connectivity index (χ2n) is 6.72. The van der Waals surface area contributed by atoms with Gasteiger partial charge in [0, 0.05) is 18.3 Å². The molecule has 0 bridgehead atoms. The van der Waals surface area contributed by atoms with Crippen LogP contribution in [0.25, 0.3) is 0 Å². The van der Waals surface area contributed by atoms with Crippen LogP contribution < -0.4 is 10.6 Å². The predicted octanol–water partition coefficient (Wildman–Crippen LogP) is 1.44. The summed E-state index contributed by atoms with van der Waals surface area (Å²) in [4.78, 5) is 53.2. The standard InChI is InChI=1S/C17H22N4O5S/c1-26-13(23)9-11-10-27-15(18-11)19-12(22)5-4-8-21-14(24)17(20-16(21)25)6-2-3-7-17/h10H,2-9H2,1H3,(H,20,25)(H,18,19,22). The summed E-state index contributed by atoms with van der Waals surface area (Å²) in [5, 5.41) is 7.57. The molecule has 0 radical (unpaired) electrons. The van der Waals surface area contributed by atoms with Crippen molar-refractivity contribution < 1.29 is 23.9 Å². The van der Waals surface area contributed by atoms with Gasteiger partial charge in [0.05, 0.1) is 19.2 Å². The lowest BCUT2D eigenvalue weighted by atomic mass is 9.98. The molecule has 1 aromatic heterocycles. The van der Waals surface area contributed by atoms with Gasteiger partial charge in [-0.1, -0.05) is 12.8 Å². The van der Waals surface area contributed by atoms with Crippen LogP contribution in [0.1, 0.15) is 44.2 Å². The fourth-order valence-corrected chi connectivity index (χ4v) is 4.17. The molecule has 3 rings (SSSR count). The van der Waals surface area contributed by atoms with Gasteiger partial charge in [0.2, 0.25) is 5.91 Å². The lowest BCUT2D eigenvalue weighted by Crippen LogP contribution is -2.44. The summed E-state index contributed by atoms with van der Waals surface area (Å²) in [5.41, 5.74) is -0.181. The molecule has 146 valence electrons. The van der Waals surface area contributed by atoms with Crippen molar-refractivity contribution >= 4 is 40.3 Å². The number of nitrogens with zero attached hydrogens (tertiary/aromatic N) is 2. The zero-order chi connectivity index (χ0) is 19.4. The molecule has 1 aromatic rings. The largest absolute Gasteiger partial charge is 0.469 e. The number of hydrogen-bond acceptors (Lipinski definition) is 7. The van der Waals surface area contributed by atoms with Crippen molar-refractivity contribution in [3.63, 3.8) is 0 Å². The van der Waals surface area contributed by atoms with Crippen LogP contribution >= 0.6 is 11.3 Å². The number of hydrogen-bond donors (Lipinski definition) is 2. The third kappa shape index (κ3) is 4.26. The molecule has 27 heavy (non-hydrogen) atoms. The summed E-state index contributed by atoms with van der Waals surface area (Å²) >= 11 is 1.22. The van der Waals surface area contributed by atoms with Gasteiger partial charge in [-0.3, -0.25) is 19.3 Å². The number of rotatable bonds is 7. The van der Waals surface area contributed by atoms with E-state index in [0.29, 0.717) is 30.1 Å². The highest BCUT2D eigenvalue weighted by molar-refractivity contribution is 7.13. The van der Waals surface area contributed by atoms with E-state index >= 15 is 0 Å². The van der Waals surface area contributed by atoms with E-state index in [0.717, 1.165) is 12.8 Å². The minimum atomic E-state index is -0.712. The maximum absolute atomic E-state index is 12.5. The summed E-state index contributed by atoms with van der Waals surface area (Å²) in [5.74, 6) is -0.818. The third-order valence-corrected chi connectivity index (χ3v) is 5.65. The average Bonchev–Trinajstić information content (AvgIpc) is 3.32. The molecule has 9 nitrogen and oxygen atoms in total. The van der Waals surface area contributed by atoms with Gasteiger partial charge in [0.25, 0.3) is 5.91 Å². The van der Waals surface area contributed by atoms with E-state index in [4.69, 9.17) is 0 Å². The number of esters is 1. The van der Waals surface area contributed by atoms with Crippen molar-refractivity contribution in [2.45, 2.75) is 50.5 Å². The van der Waals surface area contributed by atoms with E-state index in [1.807, 2.05) is 0 Å².